The molecule has 5 heteroatoms. The van der Waals surface area contributed by atoms with Crippen molar-refractivity contribution >= 4 is 0 Å². The van der Waals surface area contributed by atoms with Gasteiger partial charge < -0.3 is 18.9 Å². The highest BCUT2D eigenvalue weighted by atomic mass is 16.7. The number of nitrogens with zero attached hydrogens (tertiary/aromatic N) is 1. The summed E-state index contributed by atoms with van der Waals surface area (Å²) in [5, 5.41) is 0. The number of rotatable bonds is 10. The van der Waals surface area contributed by atoms with Crippen LogP contribution in [0.15, 0.2) is 0 Å². The highest BCUT2D eigenvalue weighted by molar-refractivity contribution is 4.90. The molecule has 0 aromatic carbocycles. The number of hydrogen-bond acceptors (Lipinski definition) is 5. The highest BCUT2D eigenvalue weighted by Crippen LogP contribution is 2.47. The van der Waals surface area contributed by atoms with Gasteiger partial charge >= 0.3 is 0 Å². The van der Waals surface area contributed by atoms with E-state index in [4.69, 9.17) is 18.9 Å². The molecule has 0 radical (unpaired) electrons. The normalized spacial score (nSPS) is 32.0. The van der Waals surface area contributed by atoms with Crippen LogP contribution in [0, 0.1) is 11.3 Å². The second kappa shape index (κ2) is 10.2. The lowest BCUT2D eigenvalue weighted by molar-refractivity contribution is -0.198. The van der Waals surface area contributed by atoms with Gasteiger partial charge in [0.05, 0.1) is 25.9 Å². The molecule has 1 spiro atoms. The summed E-state index contributed by atoms with van der Waals surface area (Å²) in [7, 11) is 0. The largest absolute Gasteiger partial charge is 0.349 e. The minimum atomic E-state index is -0.295. The Hall–Kier alpha value is -0.200. The van der Waals surface area contributed by atoms with Crippen LogP contribution in [0.5, 0.6) is 0 Å². The van der Waals surface area contributed by atoms with Crippen molar-refractivity contribution in [2.75, 3.05) is 39.5 Å². The second-order valence-electron chi connectivity index (χ2n) is 9.73. The van der Waals surface area contributed by atoms with Crippen LogP contribution in [0.2, 0.25) is 0 Å². The average Bonchev–Trinajstić information content (AvgIpc) is 3.31. The lowest BCUT2D eigenvalue weighted by Crippen LogP contribution is -2.40. The molecule has 0 bridgehead atoms. The maximum atomic E-state index is 6.50. The lowest BCUT2D eigenvalue weighted by atomic mass is 9.68. The van der Waals surface area contributed by atoms with Gasteiger partial charge in [0.1, 0.15) is 0 Å². The molecular weight excluding hydrogens is 354 g/mol. The van der Waals surface area contributed by atoms with Gasteiger partial charge in [-0.2, -0.15) is 0 Å². The quantitative estimate of drug-likeness (QED) is 0.539. The van der Waals surface area contributed by atoms with Crippen LogP contribution in [0.4, 0.5) is 0 Å². The minimum absolute atomic E-state index is 0.0552. The molecule has 2 saturated heterocycles. The van der Waals surface area contributed by atoms with Gasteiger partial charge in [-0.3, -0.25) is 4.90 Å². The van der Waals surface area contributed by atoms with Crippen LogP contribution in [0.3, 0.4) is 0 Å². The molecule has 1 atom stereocenters. The van der Waals surface area contributed by atoms with Gasteiger partial charge in [-0.1, -0.05) is 34.1 Å². The van der Waals surface area contributed by atoms with E-state index in [-0.39, 0.29) is 18.2 Å². The summed E-state index contributed by atoms with van der Waals surface area (Å²) in [6.45, 7) is 14.6. The summed E-state index contributed by atoms with van der Waals surface area (Å²) in [5.41, 5.74) is 0.444. The molecule has 1 saturated carbocycles. The third kappa shape index (κ3) is 5.91. The fourth-order valence-corrected chi connectivity index (χ4v) is 5.37. The van der Waals surface area contributed by atoms with E-state index in [1.807, 2.05) is 0 Å². The Bertz CT molecular complexity index is 456. The first kappa shape index (κ1) is 22.5. The van der Waals surface area contributed by atoms with E-state index in [0.717, 1.165) is 71.1 Å². The first-order valence-electron chi connectivity index (χ1n) is 11.7. The first-order chi connectivity index (χ1) is 13.5. The standard InChI is InChI=1S/C23H43NO4/c1-5-10-22(3,4)19-7-11-23(12-8-19)27-18-20(28-23)9-14-24(13-6-2)17-21-25-15-16-26-21/h19-21H,5-18H2,1-4H3. The van der Waals surface area contributed by atoms with Crippen molar-refractivity contribution in [2.45, 2.75) is 97.2 Å². The van der Waals surface area contributed by atoms with Crippen molar-refractivity contribution in [1.29, 1.82) is 0 Å². The topological polar surface area (TPSA) is 40.2 Å². The molecule has 3 aliphatic rings. The van der Waals surface area contributed by atoms with Gasteiger partial charge in [-0.25, -0.2) is 0 Å². The fourth-order valence-electron chi connectivity index (χ4n) is 5.37. The van der Waals surface area contributed by atoms with E-state index in [1.54, 1.807) is 0 Å². The van der Waals surface area contributed by atoms with E-state index in [9.17, 15) is 0 Å². The summed E-state index contributed by atoms with van der Waals surface area (Å²) in [6, 6.07) is 0. The van der Waals surface area contributed by atoms with Gasteiger partial charge in [0.25, 0.3) is 0 Å². The Balaban J connectivity index is 1.42. The van der Waals surface area contributed by atoms with E-state index < -0.39 is 0 Å². The van der Waals surface area contributed by atoms with E-state index in [1.165, 1.54) is 25.7 Å². The SMILES string of the molecule is CCCN(CCC1COC2(CCC(C(C)(C)CCC)CC2)O1)CC1OCCO1. The molecule has 2 heterocycles. The lowest BCUT2D eigenvalue weighted by Gasteiger charge is -2.42. The molecule has 0 N–H and O–H groups in total. The zero-order chi connectivity index (χ0) is 20.0. The van der Waals surface area contributed by atoms with Crippen molar-refractivity contribution in [2.24, 2.45) is 11.3 Å². The Morgan fingerprint density at radius 1 is 1.00 bits per heavy atom. The molecule has 0 aromatic rings. The van der Waals surface area contributed by atoms with Crippen LogP contribution in [0.25, 0.3) is 0 Å². The van der Waals surface area contributed by atoms with Crippen LogP contribution < -0.4 is 0 Å². The maximum Gasteiger partial charge on any atom is 0.170 e. The highest BCUT2D eigenvalue weighted by Gasteiger charge is 2.46. The Morgan fingerprint density at radius 2 is 1.71 bits per heavy atom. The van der Waals surface area contributed by atoms with Crippen LogP contribution in [0.1, 0.15) is 79.1 Å². The molecule has 1 aliphatic carbocycles. The fraction of sp³-hybridized carbons (Fsp3) is 1.00. The third-order valence-electron chi connectivity index (χ3n) is 7.07. The predicted molar refractivity (Wildman–Crippen MR) is 111 cm³/mol. The van der Waals surface area contributed by atoms with Crippen molar-refractivity contribution in [3.05, 3.63) is 0 Å². The molecule has 0 aromatic heterocycles. The molecule has 1 unspecified atom stereocenters. The predicted octanol–water partition coefficient (Wildman–Crippen LogP) is 4.59. The van der Waals surface area contributed by atoms with Gasteiger partial charge in [0.15, 0.2) is 12.1 Å². The monoisotopic (exact) mass is 397 g/mol. The maximum absolute atomic E-state index is 6.50. The zero-order valence-electron chi connectivity index (χ0n) is 18.7. The summed E-state index contributed by atoms with van der Waals surface area (Å²) in [5.74, 6) is 0.507. The Kier molecular flexibility index (Phi) is 8.20. The van der Waals surface area contributed by atoms with Crippen LogP contribution in [-0.2, 0) is 18.9 Å². The molecule has 28 heavy (non-hydrogen) atoms. The molecule has 3 fully saturated rings. The third-order valence-corrected chi connectivity index (χ3v) is 7.07. The van der Waals surface area contributed by atoms with Crippen molar-refractivity contribution in [1.82, 2.24) is 4.90 Å². The van der Waals surface area contributed by atoms with Gasteiger partial charge in [0.2, 0.25) is 0 Å². The van der Waals surface area contributed by atoms with Crippen LogP contribution in [-0.4, -0.2) is 62.5 Å². The van der Waals surface area contributed by atoms with Gasteiger partial charge in [-0.05, 0) is 50.0 Å². The van der Waals surface area contributed by atoms with Crippen molar-refractivity contribution in [3.63, 3.8) is 0 Å². The molecule has 0 amide bonds. The number of ether oxygens (including phenoxy) is 4. The van der Waals surface area contributed by atoms with Gasteiger partial charge in [0, 0.05) is 25.9 Å². The second-order valence-corrected chi connectivity index (χ2v) is 9.73. The van der Waals surface area contributed by atoms with E-state index in [2.05, 4.69) is 32.6 Å². The van der Waals surface area contributed by atoms with Crippen molar-refractivity contribution in [3.8, 4) is 0 Å². The smallest absolute Gasteiger partial charge is 0.170 e. The zero-order valence-corrected chi connectivity index (χ0v) is 18.7. The summed E-state index contributed by atoms with van der Waals surface area (Å²) >= 11 is 0. The molecular formula is C23H43NO4. The van der Waals surface area contributed by atoms with E-state index in [0.29, 0.717) is 5.41 Å². The Labute approximate surface area is 172 Å². The number of hydrogen-bond donors (Lipinski definition) is 0. The molecule has 164 valence electrons. The molecule has 3 rings (SSSR count). The van der Waals surface area contributed by atoms with Crippen molar-refractivity contribution < 1.29 is 18.9 Å². The summed E-state index contributed by atoms with van der Waals surface area (Å²) < 4.78 is 24.0. The minimum Gasteiger partial charge on any atom is -0.349 e. The first-order valence-corrected chi connectivity index (χ1v) is 11.7. The summed E-state index contributed by atoms with van der Waals surface area (Å²) in [6.07, 6.45) is 9.52. The van der Waals surface area contributed by atoms with Crippen LogP contribution >= 0.6 is 0 Å². The van der Waals surface area contributed by atoms with Gasteiger partial charge in [-0.15, -0.1) is 0 Å². The Morgan fingerprint density at radius 3 is 2.36 bits per heavy atom. The molecule has 2 aliphatic heterocycles. The van der Waals surface area contributed by atoms with E-state index >= 15 is 0 Å². The average molecular weight is 398 g/mol. The summed E-state index contributed by atoms with van der Waals surface area (Å²) in [4.78, 5) is 2.45. The molecule has 5 nitrogen and oxygen atoms in total.